The lowest BCUT2D eigenvalue weighted by atomic mass is 10.7. The summed E-state index contributed by atoms with van der Waals surface area (Å²) in [6.45, 7) is 0.958. The number of tetrazole rings is 1. The van der Waals surface area contributed by atoms with Gasteiger partial charge in [0.25, 0.3) is 0 Å². The molecule has 1 aromatic heterocycles. The minimum absolute atomic E-state index is 0.958. The van der Waals surface area contributed by atoms with Crippen molar-refractivity contribution in [2.75, 3.05) is 6.54 Å². The maximum absolute atomic E-state index is 6.86. The number of hydrazine groups is 1. The van der Waals surface area contributed by atoms with Crippen LogP contribution in [0.4, 0.5) is 0 Å². The van der Waals surface area contributed by atoms with Crippen LogP contribution in [0.15, 0.2) is 18.6 Å². The minimum atomic E-state index is 0.958. The largest absolute Gasteiger partial charge is 0.329 e. The average molecular weight is 183 g/mol. The van der Waals surface area contributed by atoms with Gasteiger partial charge in [-0.15, -0.1) is 10.6 Å². The molecule has 9 nitrogen and oxygen atoms in total. The molecule has 9 heteroatoms. The minimum Gasteiger partial charge on any atom is -0.329 e. The van der Waals surface area contributed by atoms with E-state index >= 15 is 0 Å². The molecule has 0 unspecified atom stereocenters. The van der Waals surface area contributed by atoms with Gasteiger partial charge in [-0.25, -0.2) is 10.5 Å². The summed E-state index contributed by atoms with van der Waals surface area (Å²) in [6.07, 6.45) is 5.29. The second-order valence-corrected chi connectivity index (χ2v) is 1.59. The first-order valence-electron chi connectivity index (χ1n) is 3.23. The third-order valence-electron chi connectivity index (χ3n) is 0.793. The standard InChI is InChI=1S/C3H6N2.CH2N4.HN3/c2*1-2-4-5-3-1;1-3-2/h1-2,4-5H,3H2;1H,(H,2,3,4,5);1H. The lowest BCUT2D eigenvalue weighted by molar-refractivity contribution is 0.727. The van der Waals surface area contributed by atoms with Gasteiger partial charge in [0.15, 0.2) is 0 Å². The average Bonchev–Trinajstić information content (AvgIpc) is 2.85. The number of hydrogen-bond donors (Lipinski definition) is 4. The highest BCUT2D eigenvalue weighted by Gasteiger charge is 1.78. The van der Waals surface area contributed by atoms with E-state index in [4.69, 9.17) is 11.1 Å². The van der Waals surface area contributed by atoms with Crippen molar-refractivity contribution in [2.45, 2.75) is 0 Å². The molecule has 0 saturated carbocycles. The maximum Gasteiger partial charge on any atom is 0.135 e. The normalized spacial score (nSPS) is 11.1. The summed E-state index contributed by atoms with van der Waals surface area (Å²) in [7, 11) is 0. The molecular formula is C4H9N9. The van der Waals surface area contributed by atoms with Crippen LogP contribution in [0.2, 0.25) is 0 Å². The van der Waals surface area contributed by atoms with Gasteiger partial charge in [0.05, 0.1) is 0 Å². The van der Waals surface area contributed by atoms with Crippen LogP contribution in [0.3, 0.4) is 0 Å². The number of nitrogens with one attached hydrogen (secondary N) is 4. The van der Waals surface area contributed by atoms with Crippen LogP contribution in [0.5, 0.6) is 0 Å². The van der Waals surface area contributed by atoms with Gasteiger partial charge in [0, 0.05) is 12.7 Å². The van der Waals surface area contributed by atoms with Gasteiger partial charge in [-0.2, -0.15) is 0 Å². The molecule has 0 fully saturated rings. The summed E-state index contributed by atoms with van der Waals surface area (Å²) in [5.41, 5.74) is 17.9. The van der Waals surface area contributed by atoms with E-state index in [9.17, 15) is 0 Å². The monoisotopic (exact) mass is 183 g/mol. The van der Waals surface area contributed by atoms with Crippen LogP contribution in [-0.2, 0) is 0 Å². The lowest BCUT2D eigenvalue weighted by Crippen LogP contribution is -2.19. The number of nitrogens with zero attached hydrogens (tertiary/aromatic N) is 5. The van der Waals surface area contributed by atoms with Crippen LogP contribution in [-0.4, -0.2) is 27.2 Å². The zero-order valence-electron chi connectivity index (χ0n) is 6.68. The molecule has 0 aromatic carbocycles. The molecular weight excluding hydrogens is 174 g/mol. The second-order valence-electron chi connectivity index (χ2n) is 1.59. The molecule has 2 heterocycles. The van der Waals surface area contributed by atoms with Crippen LogP contribution in [0, 0.1) is 5.53 Å². The summed E-state index contributed by atoms with van der Waals surface area (Å²) >= 11 is 0. The fraction of sp³-hybridized carbons (Fsp3) is 0.250. The first-order valence-corrected chi connectivity index (χ1v) is 3.23. The van der Waals surface area contributed by atoms with E-state index in [-0.39, 0.29) is 0 Å². The number of aromatic nitrogens is 4. The lowest BCUT2D eigenvalue weighted by Gasteiger charge is -1.83. The summed E-state index contributed by atoms with van der Waals surface area (Å²) in [5.74, 6) is 0. The topological polar surface area (TPSA) is 139 Å². The van der Waals surface area contributed by atoms with Crippen LogP contribution in [0.1, 0.15) is 0 Å². The third kappa shape index (κ3) is 9.88. The van der Waals surface area contributed by atoms with E-state index < -0.39 is 0 Å². The quantitative estimate of drug-likeness (QED) is 0.248. The molecule has 0 bridgehead atoms. The van der Waals surface area contributed by atoms with Crippen molar-refractivity contribution in [3.05, 3.63) is 29.0 Å². The molecule has 70 valence electrons. The van der Waals surface area contributed by atoms with Crippen molar-refractivity contribution in [3.63, 3.8) is 0 Å². The number of H-pyrrole nitrogens is 1. The Morgan fingerprint density at radius 2 is 2.31 bits per heavy atom. The van der Waals surface area contributed by atoms with E-state index in [1.165, 1.54) is 6.33 Å². The summed E-state index contributed by atoms with van der Waals surface area (Å²) < 4.78 is 0. The molecule has 4 N–H and O–H groups in total. The number of aromatic amines is 1. The van der Waals surface area contributed by atoms with Gasteiger partial charge in [0.2, 0.25) is 0 Å². The Kier molecular flexibility index (Phi) is 8.27. The highest BCUT2D eigenvalue weighted by atomic mass is 15.5. The number of rotatable bonds is 0. The predicted molar refractivity (Wildman–Crippen MR) is 43.9 cm³/mol. The van der Waals surface area contributed by atoms with Gasteiger partial charge in [-0.1, -0.05) is 6.08 Å². The molecule has 1 aliphatic heterocycles. The van der Waals surface area contributed by atoms with Gasteiger partial charge in [-0.05, 0) is 20.9 Å². The van der Waals surface area contributed by atoms with Gasteiger partial charge in [-0.3, -0.25) is 0 Å². The third-order valence-corrected chi connectivity index (χ3v) is 0.793. The highest BCUT2D eigenvalue weighted by molar-refractivity contribution is 4.85. The Hall–Kier alpha value is -2.12. The Morgan fingerprint density at radius 1 is 1.54 bits per heavy atom. The first-order chi connectivity index (χ1) is 6.41. The molecule has 1 aromatic rings. The fourth-order valence-corrected chi connectivity index (χ4v) is 0.424. The molecule has 0 spiro atoms. The smallest absolute Gasteiger partial charge is 0.135 e. The Labute approximate surface area is 73.6 Å². The molecule has 13 heavy (non-hydrogen) atoms. The molecule has 0 amide bonds. The van der Waals surface area contributed by atoms with Crippen molar-refractivity contribution in [2.24, 2.45) is 0 Å². The van der Waals surface area contributed by atoms with Crippen molar-refractivity contribution in [1.82, 2.24) is 31.5 Å². The van der Waals surface area contributed by atoms with Crippen LogP contribution in [0.25, 0.3) is 10.4 Å². The Balaban J connectivity index is 0.000000174. The predicted octanol–water partition coefficient (Wildman–Crippen LogP) is -0.317. The SMILES string of the molecule is C1=CNNC1.[N-]=[N+]=N.c1nnn[nH]1. The molecule has 0 saturated heterocycles. The zero-order chi connectivity index (χ0) is 9.78. The number of hydrogen-bond acceptors (Lipinski definition) is 6. The Morgan fingerprint density at radius 3 is 2.46 bits per heavy atom. The van der Waals surface area contributed by atoms with Crippen molar-refractivity contribution < 1.29 is 0 Å². The first kappa shape index (κ1) is 10.9. The van der Waals surface area contributed by atoms with Crippen molar-refractivity contribution in [3.8, 4) is 0 Å². The van der Waals surface area contributed by atoms with Gasteiger partial charge in [0.1, 0.15) is 6.33 Å². The summed E-state index contributed by atoms with van der Waals surface area (Å²) in [5, 5.41) is 12.1. The molecule has 1 aliphatic rings. The summed E-state index contributed by atoms with van der Waals surface area (Å²) in [6, 6.07) is 0. The fourth-order valence-electron chi connectivity index (χ4n) is 0.424. The molecule has 0 aliphatic carbocycles. The summed E-state index contributed by atoms with van der Waals surface area (Å²) in [4.78, 5) is 1.75. The van der Waals surface area contributed by atoms with Crippen molar-refractivity contribution >= 4 is 0 Å². The van der Waals surface area contributed by atoms with E-state index in [0.29, 0.717) is 0 Å². The van der Waals surface area contributed by atoms with Gasteiger partial charge < -0.3 is 5.43 Å². The van der Waals surface area contributed by atoms with Crippen LogP contribution < -0.4 is 10.9 Å². The maximum atomic E-state index is 6.86. The second kappa shape index (κ2) is 9.88. The molecule has 2 rings (SSSR count). The zero-order valence-corrected chi connectivity index (χ0v) is 6.68. The van der Waals surface area contributed by atoms with Gasteiger partial charge >= 0.3 is 0 Å². The van der Waals surface area contributed by atoms with E-state index in [2.05, 4.69) is 31.5 Å². The van der Waals surface area contributed by atoms with Crippen LogP contribution >= 0.6 is 0 Å². The van der Waals surface area contributed by atoms with E-state index in [1.807, 2.05) is 12.3 Å². The van der Waals surface area contributed by atoms with E-state index in [0.717, 1.165) is 6.54 Å². The Bertz CT molecular complexity index is 209. The molecule has 0 atom stereocenters. The highest BCUT2D eigenvalue weighted by Crippen LogP contribution is 1.67. The van der Waals surface area contributed by atoms with E-state index in [1.54, 1.807) is 4.91 Å². The van der Waals surface area contributed by atoms with Crippen molar-refractivity contribution in [1.29, 1.82) is 5.53 Å². The molecule has 0 radical (unpaired) electrons.